The molecule has 4 nitrogen and oxygen atoms in total. The largest absolute Gasteiger partial charge is 0.493 e. The number of carbonyl (C=O) groups is 1. The van der Waals surface area contributed by atoms with Crippen molar-refractivity contribution in [1.29, 1.82) is 0 Å². The van der Waals surface area contributed by atoms with Crippen molar-refractivity contribution in [3.8, 4) is 5.75 Å². The fourth-order valence-corrected chi connectivity index (χ4v) is 2.79. The van der Waals surface area contributed by atoms with Crippen LogP contribution >= 0.6 is 0 Å². The van der Waals surface area contributed by atoms with Gasteiger partial charge in [0, 0.05) is 26.2 Å². The van der Waals surface area contributed by atoms with Gasteiger partial charge in [0.25, 0.3) is 0 Å². The molecule has 1 heterocycles. The van der Waals surface area contributed by atoms with Crippen LogP contribution in [0.2, 0.25) is 0 Å². The number of hydrogen-bond donors (Lipinski definition) is 0. The highest BCUT2D eigenvalue weighted by atomic mass is 16.5. The maximum Gasteiger partial charge on any atom is 0.180 e. The van der Waals surface area contributed by atoms with Crippen LogP contribution in [0.4, 0.5) is 0 Å². The highest BCUT2D eigenvalue weighted by Crippen LogP contribution is 2.28. The van der Waals surface area contributed by atoms with Crippen LogP contribution in [0.5, 0.6) is 5.75 Å². The van der Waals surface area contributed by atoms with Crippen molar-refractivity contribution >= 4 is 5.78 Å². The average Bonchev–Trinajstić information content (AvgIpc) is 2.49. The highest BCUT2D eigenvalue weighted by molar-refractivity contribution is 6.00. The number of hydrogen-bond acceptors (Lipinski definition) is 4. The zero-order chi connectivity index (χ0) is 17.0. The minimum Gasteiger partial charge on any atom is -0.493 e. The Morgan fingerprint density at radius 1 is 1.17 bits per heavy atom. The van der Waals surface area contributed by atoms with E-state index in [2.05, 4.69) is 43.7 Å². The van der Waals surface area contributed by atoms with Crippen LogP contribution in [0.1, 0.15) is 43.6 Å². The van der Waals surface area contributed by atoms with Crippen LogP contribution in [0.3, 0.4) is 0 Å². The van der Waals surface area contributed by atoms with Gasteiger partial charge in [-0.2, -0.15) is 0 Å². The number of likely N-dealkylation sites (N-methyl/N-ethyl adjacent to an activating group) is 1. The van der Waals surface area contributed by atoms with Gasteiger partial charge in [-0.3, -0.25) is 9.69 Å². The average molecular weight is 318 g/mol. The summed E-state index contributed by atoms with van der Waals surface area (Å²) in [6.07, 6.45) is 0. The first-order valence-electron chi connectivity index (χ1n) is 8.52. The van der Waals surface area contributed by atoms with E-state index < -0.39 is 0 Å². The minimum atomic E-state index is 0.0214. The number of ether oxygens (including phenoxy) is 1. The Hall–Kier alpha value is -1.39. The Morgan fingerprint density at radius 2 is 1.83 bits per heavy atom. The van der Waals surface area contributed by atoms with Crippen molar-refractivity contribution in [3.05, 3.63) is 29.3 Å². The molecule has 0 bridgehead atoms. The second-order valence-electron chi connectivity index (χ2n) is 7.40. The summed E-state index contributed by atoms with van der Waals surface area (Å²) in [6.45, 7) is 13.4. The molecule has 1 saturated heterocycles. The van der Waals surface area contributed by atoms with Crippen LogP contribution in [0.25, 0.3) is 0 Å². The zero-order valence-electron chi connectivity index (χ0n) is 15.2. The molecule has 128 valence electrons. The standard InChI is InChI=1S/C19H30N2O2/c1-6-23-18-8-7-15(19(2,3)4)13-16(18)17(22)14-21-11-9-20(5)10-12-21/h7-8,13H,6,9-12,14H2,1-5H3. The molecule has 0 aliphatic carbocycles. The second kappa shape index (κ2) is 7.45. The number of Topliss-reactive ketones (excluding diaryl/α,β-unsaturated/α-hetero) is 1. The molecule has 0 aromatic heterocycles. The van der Waals surface area contributed by atoms with Gasteiger partial charge >= 0.3 is 0 Å². The molecule has 0 spiro atoms. The van der Waals surface area contributed by atoms with E-state index in [1.807, 2.05) is 19.1 Å². The molecule has 1 fully saturated rings. The van der Waals surface area contributed by atoms with Crippen molar-refractivity contribution < 1.29 is 9.53 Å². The lowest BCUT2D eigenvalue weighted by molar-refractivity contribution is 0.0872. The Kier molecular flexibility index (Phi) is 5.82. The van der Waals surface area contributed by atoms with Gasteiger partial charge in [0.1, 0.15) is 5.75 Å². The van der Waals surface area contributed by atoms with E-state index in [-0.39, 0.29) is 11.2 Å². The van der Waals surface area contributed by atoms with Gasteiger partial charge in [0.2, 0.25) is 0 Å². The summed E-state index contributed by atoms with van der Waals surface area (Å²) in [7, 11) is 2.12. The van der Waals surface area contributed by atoms with Gasteiger partial charge in [-0.1, -0.05) is 26.8 Å². The molecule has 0 saturated carbocycles. The number of benzene rings is 1. The summed E-state index contributed by atoms with van der Waals surface area (Å²) in [5.74, 6) is 0.865. The maximum absolute atomic E-state index is 12.8. The molecule has 1 aliphatic rings. The summed E-state index contributed by atoms with van der Waals surface area (Å²) in [4.78, 5) is 17.4. The summed E-state index contributed by atoms with van der Waals surface area (Å²) >= 11 is 0. The quantitative estimate of drug-likeness (QED) is 0.782. The Balaban J connectivity index is 2.19. The van der Waals surface area contributed by atoms with Crippen LogP contribution in [0.15, 0.2) is 18.2 Å². The van der Waals surface area contributed by atoms with E-state index in [0.717, 1.165) is 31.7 Å². The van der Waals surface area contributed by atoms with Crippen LogP contribution < -0.4 is 4.74 Å². The molecule has 0 unspecified atom stereocenters. The molecule has 23 heavy (non-hydrogen) atoms. The van der Waals surface area contributed by atoms with Gasteiger partial charge in [-0.05, 0) is 37.1 Å². The molecule has 4 heteroatoms. The second-order valence-corrected chi connectivity index (χ2v) is 7.40. The normalized spacial score (nSPS) is 17.3. The Morgan fingerprint density at radius 3 is 2.39 bits per heavy atom. The predicted octanol–water partition coefficient (Wildman–Crippen LogP) is 2.81. The van der Waals surface area contributed by atoms with Crippen molar-refractivity contribution in [2.45, 2.75) is 33.1 Å². The molecule has 2 rings (SSSR count). The molecule has 1 aliphatic heterocycles. The van der Waals surface area contributed by atoms with E-state index in [0.29, 0.717) is 18.9 Å². The number of rotatable bonds is 5. The monoisotopic (exact) mass is 318 g/mol. The number of carbonyl (C=O) groups excluding carboxylic acids is 1. The molecule has 0 N–H and O–H groups in total. The van der Waals surface area contributed by atoms with Crippen molar-refractivity contribution in [3.63, 3.8) is 0 Å². The topological polar surface area (TPSA) is 32.8 Å². The molecule has 1 aromatic carbocycles. The van der Waals surface area contributed by atoms with E-state index in [9.17, 15) is 4.79 Å². The zero-order valence-corrected chi connectivity index (χ0v) is 15.2. The predicted molar refractivity (Wildman–Crippen MR) is 94.6 cm³/mol. The third-order valence-electron chi connectivity index (χ3n) is 4.41. The molecule has 0 amide bonds. The van der Waals surface area contributed by atoms with Gasteiger partial charge < -0.3 is 9.64 Å². The lowest BCUT2D eigenvalue weighted by Crippen LogP contribution is -2.46. The minimum absolute atomic E-state index is 0.0214. The Labute approximate surface area is 140 Å². The third-order valence-corrected chi connectivity index (χ3v) is 4.41. The van der Waals surface area contributed by atoms with Gasteiger partial charge in [0.15, 0.2) is 5.78 Å². The molecule has 1 aromatic rings. The lowest BCUT2D eigenvalue weighted by atomic mass is 9.85. The first kappa shape index (κ1) is 18.0. The SMILES string of the molecule is CCOc1ccc(C(C)(C)C)cc1C(=O)CN1CCN(C)CC1. The summed E-state index contributed by atoms with van der Waals surface area (Å²) in [5.41, 5.74) is 1.91. The Bertz CT molecular complexity index is 541. The molecular formula is C19H30N2O2. The fourth-order valence-electron chi connectivity index (χ4n) is 2.79. The van der Waals surface area contributed by atoms with Gasteiger partial charge in [-0.15, -0.1) is 0 Å². The number of piperazine rings is 1. The molecular weight excluding hydrogens is 288 g/mol. The molecule has 0 atom stereocenters. The lowest BCUT2D eigenvalue weighted by Gasteiger charge is -2.32. The van der Waals surface area contributed by atoms with Crippen LogP contribution in [-0.4, -0.2) is 62.0 Å². The number of ketones is 1. The van der Waals surface area contributed by atoms with Crippen LogP contribution in [0, 0.1) is 0 Å². The van der Waals surface area contributed by atoms with Crippen molar-refractivity contribution in [1.82, 2.24) is 9.80 Å². The van der Waals surface area contributed by atoms with E-state index in [4.69, 9.17) is 4.74 Å². The highest BCUT2D eigenvalue weighted by Gasteiger charge is 2.22. The van der Waals surface area contributed by atoms with E-state index >= 15 is 0 Å². The fraction of sp³-hybridized carbons (Fsp3) is 0.632. The third kappa shape index (κ3) is 4.79. The first-order valence-corrected chi connectivity index (χ1v) is 8.52. The first-order chi connectivity index (χ1) is 10.8. The van der Waals surface area contributed by atoms with Crippen molar-refractivity contribution in [2.75, 3.05) is 46.4 Å². The number of nitrogens with zero attached hydrogens (tertiary/aromatic N) is 2. The van der Waals surface area contributed by atoms with Gasteiger partial charge in [0.05, 0.1) is 18.7 Å². The van der Waals surface area contributed by atoms with Gasteiger partial charge in [-0.25, -0.2) is 0 Å². The van der Waals surface area contributed by atoms with E-state index in [1.165, 1.54) is 5.56 Å². The molecule has 0 radical (unpaired) electrons. The van der Waals surface area contributed by atoms with E-state index in [1.54, 1.807) is 0 Å². The summed E-state index contributed by atoms with van der Waals surface area (Å²) in [5, 5.41) is 0. The van der Waals surface area contributed by atoms with Crippen molar-refractivity contribution in [2.24, 2.45) is 0 Å². The van der Waals surface area contributed by atoms with Crippen LogP contribution in [-0.2, 0) is 5.41 Å². The maximum atomic E-state index is 12.8. The smallest absolute Gasteiger partial charge is 0.180 e. The summed E-state index contributed by atoms with van der Waals surface area (Å²) < 4.78 is 5.68. The summed E-state index contributed by atoms with van der Waals surface area (Å²) in [6, 6.07) is 6.03.